The molecule has 1 amide bonds. The van der Waals surface area contributed by atoms with Gasteiger partial charge in [-0.2, -0.15) is 4.31 Å². The van der Waals surface area contributed by atoms with E-state index < -0.39 is 10.0 Å². The number of carbonyl (C=O) groups excluding carboxylic acids is 1. The number of ether oxygens (including phenoxy) is 2. The lowest BCUT2D eigenvalue weighted by Crippen LogP contribution is -2.40. The number of amides is 1. The molecule has 0 radical (unpaired) electrons. The molecular weight excluding hydrogens is 356 g/mol. The van der Waals surface area contributed by atoms with Crippen molar-refractivity contribution in [2.45, 2.75) is 37.5 Å². The molecule has 1 heterocycles. The Labute approximate surface area is 155 Å². The standard InChI is InChI=1S/C18H28N2O5S/c1-2-3-4-5-10-19-18(21)15-25-16-6-8-17(9-7-16)26(22,23)20-11-13-24-14-12-20/h6-9H,2-5,10-15H2,1H3,(H,19,21). The Balaban J connectivity index is 1.79. The van der Waals surface area contributed by atoms with Gasteiger partial charge in [0.15, 0.2) is 6.61 Å². The summed E-state index contributed by atoms with van der Waals surface area (Å²) in [4.78, 5) is 11.9. The van der Waals surface area contributed by atoms with E-state index in [4.69, 9.17) is 9.47 Å². The zero-order chi connectivity index (χ0) is 18.8. The van der Waals surface area contributed by atoms with Crippen LogP contribution in [-0.4, -0.2) is 58.1 Å². The monoisotopic (exact) mass is 384 g/mol. The quantitative estimate of drug-likeness (QED) is 0.622. The van der Waals surface area contributed by atoms with Gasteiger partial charge in [-0.3, -0.25) is 4.79 Å². The van der Waals surface area contributed by atoms with Gasteiger partial charge < -0.3 is 14.8 Å². The van der Waals surface area contributed by atoms with Crippen molar-refractivity contribution in [2.24, 2.45) is 0 Å². The predicted molar refractivity (Wildman–Crippen MR) is 98.7 cm³/mol. The van der Waals surface area contributed by atoms with E-state index in [-0.39, 0.29) is 17.4 Å². The molecule has 7 nitrogen and oxygen atoms in total. The molecule has 1 saturated heterocycles. The third-order valence-corrected chi connectivity index (χ3v) is 6.07. The van der Waals surface area contributed by atoms with Crippen molar-refractivity contribution in [3.63, 3.8) is 0 Å². The van der Waals surface area contributed by atoms with E-state index in [1.165, 1.54) is 22.9 Å². The Kier molecular flexibility index (Phi) is 8.34. The summed E-state index contributed by atoms with van der Waals surface area (Å²) in [5.41, 5.74) is 0. The molecule has 1 aliphatic rings. The Morgan fingerprint density at radius 2 is 1.85 bits per heavy atom. The minimum Gasteiger partial charge on any atom is -0.484 e. The van der Waals surface area contributed by atoms with Crippen LogP contribution in [-0.2, 0) is 19.6 Å². The molecule has 0 spiro atoms. The zero-order valence-electron chi connectivity index (χ0n) is 15.3. The summed E-state index contributed by atoms with van der Waals surface area (Å²) in [6.07, 6.45) is 4.41. The summed E-state index contributed by atoms with van der Waals surface area (Å²) in [6.45, 7) is 4.26. The van der Waals surface area contributed by atoms with Crippen LogP contribution in [0.5, 0.6) is 5.75 Å². The average Bonchev–Trinajstić information content (AvgIpc) is 2.67. The number of hydrogen-bond acceptors (Lipinski definition) is 5. The number of rotatable bonds is 10. The second-order valence-electron chi connectivity index (χ2n) is 6.19. The fourth-order valence-electron chi connectivity index (χ4n) is 2.62. The molecule has 0 unspecified atom stereocenters. The van der Waals surface area contributed by atoms with E-state index in [0.717, 1.165) is 19.3 Å². The summed E-state index contributed by atoms with van der Waals surface area (Å²) in [5, 5.41) is 2.81. The van der Waals surface area contributed by atoms with Crippen molar-refractivity contribution >= 4 is 15.9 Å². The van der Waals surface area contributed by atoms with Crippen LogP contribution in [0.3, 0.4) is 0 Å². The number of morpholine rings is 1. The van der Waals surface area contributed by atoms with Crippen molar-refractivity contribution < 1.29 is 22.7 Å². The zero-order valence-corrected chi connectivity index (χ0v) is 16.1. The van der Waals surface area contributed by atoms with Crippen molar-refractivity contribution in [3.8, 4) is 5.75 Å². The molecule has 0 aromatic heterocycles. The minimum absolute atomic E-state index is 0.0800. The maximum absolute atomic E-state index is 12.5. The van der Waals surface area contributed by atoms with Gasteiger partial charge in [-0.05, 0) is 30.7 Å². The largest absolute Gasteiger partial charge is 0.484 e. The lowest BCUT2D eigenvalue weighted by atomic mass is 10.2. The molecule has 26 heavy (non-hydrogen) atoms. The molecule has 1 aliphatic heterocycles. The topological polar surface area (TPSA) is 84.9 Å². The van der Waals surface area contributed by atoms with E-state index in [9.17, 15) is 13.2 Å². The third-order valence-electron chi connectivity index (χ3n) is 4.15. The second-order valence-corrected chi connectivity index (χ2v) is 8.13. The van der Waals surface area contributed by atoms with Crippen LogP contribution in [0, 0.1) is 0 Å². The lowest BCUT2D eigenvalue weighted by Gasteiger charge is -2.26. The fraction of sp³-hybridized carbons (Fsp3) is 0.611. The molecule has 2 rings (SSSR count). The molecule has 1 aromatic carbocycles. The highest BCUT2D eigenvalue weighted by Crippen LogP contribution is 2.20. The van der Waals surface area contributed by atoms with Gasteiger partial charge in [-0.15, -0.1) is 0 Å². The fourth-order valence-corrected chi connectivity index (χ4v) is 4.03. The lowest BCUT2D eigenvalue weighted by molar-refractivity contribution is -0.123. The number of unbranched alkanes of at least 4 members (excludes halogenated alkanes) is 3. The maximum Gasteiger partial charge on any atom is 0.257 e. The SMILES string of the molecule is CCCCCCNC(=O)COc1ccc(S(=O)(=O)N2CCOCC2)cc1. The second kappa shape index (κ2) is 10.5. The van der Waals surface area contributed by atoms with Crippen LogP contribution >= 0.6 is 0 Å². The molecule has 0 bridgehead atoms. The van der Waals surface area contributed by atoms with E-state index in [0.29, 0.717) is 38.6 Å². The van der Waals surface area contributed by atoms with Crippen LogP contribution in [0.2, 0.25) is 0 Å². The normalized spacial score (nSPS) is 15.6. The number of sulfonamides is 1. The first-order valence-corrected chi connectivity index (χ1v) is 10.6. The molecular formula is C18H28N2O5S. The third kappa shape index (κ3) is 6.26. The van der Waals surface area contributed by atoms with Crippen molar-refractivity contribution in [3.05, 3.63) is 24.3 Å². The van der Waals surface area contributed by atoms with Gasteiger partial charge >= 0.3 is 0 Å². The molecule has 146 valence electrons. The number of nitrogens with one attached hydrogen (secondary N) is 1. The summed E-state index contributed by atoms with van der Waals surface area (Å²) in [5.74, 6) is 0.290. The molecule has 1 fully saturated rings. The first-order chi connectivity index (χ1) is 12.5. The van der Waals surface area contributed by atoms with Crippen LogP contribution < -0.4 is 10.1 Å². The van der Waals surface area contributed by atoms with Crippen LogP contribution in [0.4, 0.5) is 0 Å². The molecule has 0 saturated carbocycles. The summed E-state index contributed by atoms with van der Waals surface area (Å²) in [6, 6.07) is 6.15. The number of benzene rings is 1. The van der Waals surface area contributed by atoms with Crippen molar-refractivity contribution in [2.75, 3.05) is 39.5 Å². The molecule has 1 N–H and O–H groups in total. The Morgan fingerprint density at radius 3 is 2.50 bits per heavy atom. The van der Waals surface area contributed by atoms with Gasteiger partial charge in [0, 0.05) is 19.6 Å². The highest BCUT2D eigenvalue weighted by atomic mass is 32.2. The van der Waals surface area contributed by atoms with Gasteiger partial charge in [0.25, 0.3) is 5.91 Å². The van der Waals surface area contributed by atoms with E-state index in [2.05, 4.69) is 12.2 Å². The van der Waals surface area contributed by atoms with Gasteiger partial charge in [0.1, 0.15) is 5.75 Å². The van der Waals surface area contributed by atoms with Gasteiger partial charge in [-0.25, -0.2) is 8.42 Å². The smallest absolute Gasteiger partial charge is 0.257 e. The van der Waals surface area contributed by atoms with E-state index in [1.54, 1.807) is 12.1 Å². The molecule has 0 atom stereocenters. The number of hydrogen-bond donors (Lipinski definition) is 1. The highest BCUT2D eigenvalue weighted by Gasteiger charge is 2.26. The van der Waals surface area contributed by atoms with Crippen LogP contribution in [0.25, 0.3) is 0 Å². The van der Waals surface area contributed by atoms with Crippen LogP contribution in [0.15, 0.2) is 29.2 Å². The van der Waals surface area contributed by atoms with E-state index in [1.807, 2.05) is 0 Å². The van der Waals surface area contributed by atoms with E-state index >= 15 is 0 Å². The number of carbonyl (C=O) groups is 1. The minimum atomic E-state index is -3.51. The Bertz CT molecular complexity index is 655. The predicted octanol–water partition coefficient (Wildman–Crippen LogP) is 1.78. The number of nitrogens with zero attached hydrogens (tertiary/aromatic N) is 1. The highest BCUT2D eigenvalue weighted by molar-refractivity contribution is 7.89. The van der Waals surface area contributed by atoms with Crippen molar-refractivity contribution in [1.82, 2.24) is 9.62 Å². The van der Waals surface area contributed by atoms with Gasteiger partial charge in [-0.1, -0.05) is 26.2 Å². The first-order valence-electron chi connectivity index (χ1n) is 9.11. The average molecular weight is 384 g/mol. The molecule has 1 aromatic rings. The Morgan fingerprint density at radius 1 is 1.15 bits per heavy atom. The molecule has 0 aliphatic carbocycles. The first kappa shape index (κ1) is 20.7. The molecule has 8 heteroatoms. The summed E-state index contributed by atoms with van der Waals surface area (Å²) < 4.78 is 37.1. The van der Waals surface area contributed by atoms with Gasteiger partial charge in [0.05, 0.1) is 18.1 Å². The van der Waals surface area contributed by atoms with Crippen LogP contribution in [0.1, 0.15) is 32.6 Å². The summed E-state index contributed by atoms with van der Waals surface area (Å²) in [7, 11) is -3.51. The van der Waals surface area contributed by atoms with Crippen molar-refractivity contribution in [1.29, 1.82) is 0 Å². The van der Waals surface area contributed by atoms with Gasteiger partial charge in [0.2, 0.25) is 10.0 Å². The summed E-state index contributed by atoms with van der Waals surface area (Å²) >= 11 is 0. The Hall–Kier alpha value is -1.64. The maximum atomic E-state index is 12.5.